The highest BCUT2D eigenvalue weighted by atomic mass is 32.2. The minimum Gasteiger partial charge on any atom is -0.497 e. The zero-order valence-electron chi connectivity index (χ0n) is 14.6. The monoisotopic (exact) mass is 360 g/mol. The lowest BCUT2D eigenvalue weighted by Gasteiger charge is -2.37. The first-order chi connectivity index (χ1) is 12.0. The van der Waals surface area contributed by atoms with Crippen molar-refractivity contribution in [1.82, 2.24) is 9.21 Å². The first-order valence-corrected chi connectivity index (χ1v) is 9.89. The predicted molar refractivity (Wildman–Crippen MR) is 98.2 cm³/mol. The Bertz CT molecular complexity index is 800. The van der Waals surface area contributed by atoms with E-state index in [1.54, 1.807) is 28.6 Å². The number of methoxy groups -OCH3 is 1. The van der Waals surface area contributed by atoms with E-state index in [2.05, 4.69) is 24.0 Å². The van der Waals surface area contributed by atoms with Crippen LogP contribution in [0.4, 0.5) is 0 Å². The Labute approximate surface area is 149 Å². The van der Waals surface area contributed by atoms with Gasteiger partial charge in [-0.1, -0.05) is 36.4 Å². The summed E-state index contributed by atoms with van der Waals surface area (Å²) in [5.74, 6) is 0.553. The Hall–Kier alpha value is -1.89. The van der Waals surface area contributed by atoms with E-state index in [-0.39, 0.29) is 10.9 Å². The maximum absolute atomic E-state index is 12.9. The van der Waals surface area contributed by atoms with Gasteiger partial charge in [0.2, 0.25) is 10.0 Å². The van der Waals surface area contributed by atoms with Crippen LogP contribution in [0.15, 0.2) is 59.5 Å². The highest BCUT2D eigenvalue weighted by molar-refractivity contribution is 7.89. The molecular formula is C19H24N2O3S. The molecule has 1 atom stereocenters. The van der Waals surface area contributed by atoms with E-state index in [0.29, 0.717) is 18.8 Å². The molecule has 0 aromatic heterocycles. The number of hydrogen-bond donors (Lipinski definition) is 0. The van der Waals surface area contributed by atoms with Gasteiger partial charge in [-0.05, 0) is 24.6 Å². The quantitative estimate of drug-likeness (QED) is 0.823. The molecule has 0 bridgehead atoms. The number of rotatable bonds is 5. The molecule has 134 valence electrons. The largest absolute Gasteiger partial charge is 0.497 e. The molecule has 1 aliphatic rings. The molecule has 0 spiro atoms. The summed E-state index contributed by atoms with van der Waals surface area (Å²) in [7, 11) is -1.94. The molecule has 25 heavy (non-hydrogen) atoms. The Morgan fingerprint density at radius 1 is 0.960 bits per heavy atom. The number of sulfonamides is 1. The summed E-state index contributed by atoms with van der Waals surface area (Å²) >= 11 is 0. The Kier molecular flexibility index (Phi) is 5.42. The van der Waals surface area contributed by atoms with Crippen molar-refractivity contribution in [1.29, 1.82) is 0 Å². The molecule has 0 radical (unpaired) electrons. The maximum atomic E-state index is 12.9. The summed E-state index contributed by atoms with van der Waals surface area (Å²) < 4.78 is 32.4. The van der Waals surface area contributed by atoms with E-state index in [4.69, 9.17) is 4.74 Å². The summed E-state index contributed by atoms with van der Waals surface area (Å²) in [4.78, 5) is 2.61. The third-order valence-electron chi connectivity index (χ3n) is 4.78. The molecule has 0 N–H and O–H groups in total. The van der Waals surface area contributed by atoms with Crippen LogP contribution in [0.3, 0.4) is 0 Å². The Balaban J connectivity index is 1.69. The Morgan fingerprint density at radius 3 is 2.28 bits per heavy atom. The zero-order chi connectivity index (χ0) is 17.9. The average Bonchev–Trinajstić information content (AvgIpc) is 2.68. The second kappa shape index (κ2) is 7.56. The standard InChI is InChI=1S/C19H24N2O3S/c1-16(17-7-4-3-5-8-17)20-11-13-21(14-12-20)25(22,23)19-10-6-9-18(15-19)24-2/h3-10,15-16H,11-14H2,1-2H3/t16-/m0/s1. The number of piperazine rings is 1. The lowest BCUT2D eigenvalue weighted by atomic mass is 10.1. The van der Waals surface area contributed by atoms with Crippen molar-refractivity contribution in [3.8, 4) is 5.75 Å². The van der Waals surface area contributed by atoms with Crippen molar-refractivity contribution in [3.05, 3.63) is 60.2 Å². The van der Waals surface area contributed by atoms with Gasteiger partial charge in [0.1, 0.15) is 5.75 Å². The van der Waals surface area contributed by atoms with E-state index in [9.17, 15) is 8.42 Å². The van der Waals surface area contributed by atoms with Crippen molar-refractivity contribution in [2.75, 3.05) is 33.3 Å². The molecular weight excluding hydrogens is 336 g/mol. The molecule has 1 aliphatic heterocycles. The Morgan fingerprint density at radius 2 is 1.64 bits per heavy atom. The highest BCUT2D eigenvalue weighted by Gasteiger charge is 2.30. The second-order valence-corrected chi connectivity index (χ2v) is 8.14. The molecule has 0 unspecified atom stereocenters. The molecule has 0 aliphatic carbocycles. The topological polar surface area (TPSA) is 49.9 Å². The number of hydrogen-bond acceptors (Lipinski definition) is 4. The van der Waals surface area contributed by atoms with Crippen LogP contribution in [0.2, 0.25) is 0 Å². The van der Waals surface area contributed by atoms with Crippen LogP contribution in [0.5, 0.6) is 5.75 Å². The van der Waals surface area contributed by atoms with Gasteiger partial charge in [0.15, 0.2) is 0 Å². The molecule has 5 nitrogen and oxygen atoms in total. The van der Waals surface area contributed by atoms with Crippen LogP contribution in [0.25, 0.3) is 0 Å². The molecule has 3 rings (SSSR count). The fourth-order valence-corrected chi connectivity index (χ4v) is 4.64. The second-order valence-electron chi connectivity index (χ2n) is 6.21. The fourth-order valence-electron chi connectivity index (χ4n) is 3.18. The molecule has 1 saturated heterocycles. The van der Waals surface area contributed by atoms with Crippen LogP contribution in [0.1, 0.15) is 18.5 Å². The van der Waals surface area contributed by atoms with Gasteiger partial charge in [-0.15, -0.1) is 0 Å². The average molecular weight is 360 g/mol. The van der Waals surface area contributed by atoms with Gasteiger partial charge < -0.3 is 4.74 Å². The molecule has 0 saturated carbocycles. The summed E-state index contributed by atoms with van der Waals surface area (Å²) in [6.45, 7) is 4.60. The third kappa shape index (κ3) is 3.86. The van der Waals surface area contributed by atoms with E-state index in [0.717, 1.165) is 13.1 Å². The number of benzene rings is 2. The normalized spacial score (nSPS) is 18.0. The van der Waals surface area contributed by atoms with Crippen molar-refractivity contribution < 1.29 is 13.2 Å². The molecule has 1 fully saturated rings. The smallest absolute Gasteiger partial charge is 0.243 e. The van der Waals surface area contributed by atoms with Crippen LogP contribution in [-0.2, 0) is 10.0 Å². The predicted octanol–water partition coefficient (Wildman–Crippen LogP) is 2.76. The maximum Gasteiger partial charge on any atom is 0.243 e. The SMILES string of the molecule is COc1cccc(S(=O)(=O)N2CCN([C@@H](C)c3ccccc3)CC2)c1. The third-order valence-corrected chi connectivity index (χ3v) is 6.68. The summed E-state index contributed by atoms with van der Waals surface area (Å²) in [5.41, 5.74) is 1.26. The molecule has 2 aromatic rings. The highest BCUT2D eigenvalue weighted by Crippen LogP contribution is 2.25. The van der Waals surface area contributed by atoms with Crippen LogP contribution in [0, 0.1) is 0 Å². The van der Waals surface area contributed by atoms with E-state index in [1.165, 1.54) is 12.7 Å². The summed E-state index contributed by atoms with van der Waals surface area (Å²) in [6.07, 6.45) is 0. The van der Waals surface area contributed by atoms with Crippen molar-refractivity contribution in [2.45, 2.75) is 17.9 Å². The molecule has 1 heterocycles. The molecule has 2 aromatic carbocycles. The number of nitrogens with zero attached hydrogens (tertiary/aromatic N) is 2. The van der Waals surface area contributed by atoms with Crippen LogP contribution in [-0.4, -0.2) is 50.9 Å². The fraction of sp³-hybridized carbons (Fsp3) is 0.368. The number of ether oxygens (including phenoxy) is 1. The lowest BCUT2D eigenvalue weighted by Crippen LogP contribution is -2.49. The van der Waals surface area contributed by atoms with Gasteiger partial charge in [0.05, 0.1) is 12.0 Å². The molecule has 0 amide bonds. The zero-order valence-corrected chi connectivity index (χ0v) is 15.4. The summed E-state index contributed by atoms with van der Waals surface area (Å²) in [5, 5.41) is 0. The van der Waals surface area contributed by atoms with Gasteiger partial charge in [-0.3, -0.25) is 4.90 Å². The van der Waals surface area contributed by atoms with E-state index < -0.39 is 10.0 Å². The summed E-state index contributed by atoms with van der Waals surface area (Å²) in [6, 6.07) is 17.2. The van der Waals surface area contributed by atoms with Gasteiger partial charge >= 0.3 is 0 Å². The first-order valence-electron chi connectivity index (χ1n) is 8.45. The van der Waals surface area contributed by atoms with E-state index in [1.807, 2.05) is 18.2 Å². The molecule has 6 heteroatoms. The van der Waals surface area contributed by atoms with Gasteiger partial charge in [0, 0.05) is 38.3 Å². The lowest BCUT2D eigenvalue weighted by molar-refractivity contribution is 0.146. The van der Waals surface area contributed by atoms with Gasteiger partial charge in [0.25, 0.3) is 0 Å². The van der Waals surface area contributed by atoms with Crippen LogP contribution < -0.4 is 4.74 Å². The van der Waals surface area contributed by atoms with Crippen LogP contribution >= 0.6 is 0 Å². The first kappa shape index (κ1) is 17.9. The van der Waals surface area contributed by atoms with E-state index >= 15 is 0 Å². The van der Waals surface area contributed by atoms with Gasteiger partial charge in [-0.25, -0.2) is 8.42 Å². The van der Waals surface area contributed by atoms with Crippen molar-refractivity contribution in [2.24, 2.45) is 0 Å². The van der Waals surface area contributed by atoms with Gasteiger partial charge in [-0.2, -0.15) is 4.31 Å². The minimum absolute atomic E-state index is 0.280. The van der Waals surface area contributed by atoms with Crippen molar-refractivity contribution >= 4 is 10.0 Å². The van der Waals surface area contributed by atoms with Crippen molar-refractivity contribution in [3.63, 3.8) is 0 Å². The minimum atomic E-state index is -3.48.